The van der Waals surface area contributed by atoms with Crippen molar-refractivity contribution in [1.29, 1.82) is 0 Å². The maximum Gasteiger partial charge on any atom is 0.336 e. The molecular formula is C23H23ClO5. The molecule has 29 heavy (non-hydrogen) atoms. The van der Waals surface area contributed by atoms with Gasteiger partial charge in [0, 0.05) is 29.0 Å². The molecule has 0 aliphatic carbocycles. The Morgan fingerprint density at radius 2 is 1.97 bits per heavy atom. The van der Waals surface area contributed by atoms with Gasteiger partial charge in [-0.15, -0.1) is 0 Å². The van der Waals surface area contributed by atoms with E-state index in [2.05, 4.69) is 0 Å². The molecule has 0 aliphatic heterocycles. The lowest BCUT2D eigenvalue weighted by atomic mass is 10.0. The van der Waals surface area contributed by atoms with Crippen LogP contribution in [-0.2, 0) is 22.6 Å². The number of carbonyl (C=O) groups is 1. The van der Waals surface area contributed by atoms with Crippen molar-refractivity contribution < 1.29 is 18.7 Å². The lowest BCUT2D eigenvalue weighted by molar-refractivity contribution is -0.147. The zero-order chi connectivity index (χ0) is 21.0. The van der Waals surface area contributed by atoms with Gasteiger partial charge in [0.25, 0.3) is 0 Å². The Hall–Kier alpha value is -2.79. The van der Waals surface area contributed by atoms with Crippen molar-refractivity contribution in [3.63, 3.8) is 0 Å². The van der Waals surface area contributed by atoms with Gasteiger partial charge in [0.05, 0.1) is 6.10 Å². The van der Waals surface area contributed by atoms with E-state index in [0.717, 1.165) is 22.1 Å². The number of hydrogen-bond acceptors (Lipinski definition) is 5. The van der Waals surface area contributed by atoms with Gasteiger partial charge in [0.15, 0.2) is 0 Å². The molecule has 3 rings (SSSR count). The molecule has 0 radical (unpaired) electrons. The topological polar surface area (TPSA) is 65.7 Å². The molecule has 3 aromatic rings. The quantitative estimate of drug-likeness (QED) is 0.391. The molecule has 0 N–H and O–H groups in total. The minimum absolute atomic E-state index is 0.158. The van der Waals surface area contributed by atoms with Gasteiger partial charge in [-0.25, -0.2) is 4.79 Å². The SMILES string of the molecule is Cc1cc(=O)oc2cc(OCc3cccc(Cl)c3)c(CCC(=O)OC(C)C)cc12. The molecular weight excluding hydrogens is 392 g/mol. The Bertz CT molecular complexity index is 1080. The highest BCUT2D eigenvalue weighted by molar-refractivity contribution is 6.30. The maximum atomic E-state index is 12.0. The first kappa shape index (κ1) is 20.9. The van der Waals surface area contributed by atoms with Crippen LogP contribution < -0.4 is 10.4 Å². The van der Waals surface area contributed by atoms with E-state index < -0.39 is 5.63 Å². The van der Waals surface area contributed by atoms with Crippen LogP contribution in [0.1, 0.15) is 37.0 Å². The van der Waals surface area contributed by atoms with Crippen LogP contribution in [0, 0.1) is 6.92 Å². The van der Waals surface area contributed by atoms with E-state index >= 15 is 0 Å². The van der Waals surface area contributed by atoms with Crippen molar-refractivity contribution in [1.82, 2.24) is 0 Å². The van der Waals surface area contributed by atoms with E-state index in [0.29, 0.717) is 29.4 Å². The smallest absolute Gasteiger partial charge is 0.336 e. The summed E-state index contributed by atoms with van der Waals surface area (Å²) in [5.74, 6) is 0.292. The molecule has 1 heterocycles. The van der Waals surface area contributed by atoms with Crippen LogP contribution in [0.15, 0.2) is 51.7 Å². The second-order valence-corrected chi connectivity index (χ2v) is 7.60. The van der Waals surface area contributed by atoms with E-state index in [9.17, 15) is 9.59 Å². The normalized spacial score (nSPS) is 11.1. The summed E-state index contributed by atoms with van der Waals surface area (Å²) >= 11 is 6.04. The predicted molar refractivity (Wildman–Crippen MR) is 113 cm³/mol. The molecule has 6 heteroatoms. The summed E-state index contributed by atoms with van der Waals surface area (Å²) in [5, 5.41) is 1.44. The zero-order valence-electron chi connectivity index (χ0n) is 16.7. The molecule has 152 valence electrons. The fourth-order valence-electron chi connectivity index (χ4n) is 3.07. The molecule has 0 aliphatic rings. The van der Waals surface area contributed by atoms with Gasteiger partial charge in [-0.1, -0.05) is 23.7 Å². The van der Waals surface area contributed by atoms with Gasteiger partial charge >= 0.3 is 11.6 Å². The van der Waals surface area contributed by atoms with Gasteiger partial charge in [-0.3, -0.25) is 4.79 Å². The molecule has 0 saturated carbocycles. The third-order valence-electron chi connectivity index (χ3n) is 4.38. The summed E-state index contributed by atoms with van der Waals surface area (Å²) in [5.41, 5.74) is 2.60. The first-order valence-electron chi connectivity index (χ1n) is 9.46. The Labute approximate surface area is 174 Å². The van der Waals surface area contributed by atoms with Crippen LogP contribution in [0.3, 0.4) is 0 Å². The minimum Gasteiger partial charge on any atom is -0.488 e. The van der Waals surface area contributed by atoms with Gasteiger partial charge in [-0.05, 0) is 62.1 Å². The Balaban J connectivity index is 1.91. The van der Waals surface area contributed by atoms with Crippen LogP contribution >= 0.6 is 11.6 Å². The highest BCUT2D eigenvalue weighted by Crippen LogP contribution is 2.29. The summed E-state index contributed by atoms with van der Waals surface area (Å²) in [6.07, 6.45) is 0.520. The van der Waals surface area contributed by atoms with Crippen molar-refractivity contribution in [2.45, 2.75) is 46.3 Å². The van der Waals surface area contributed by atoms with Crippen molar-refractivity contribution in [2.75, 3.05) is 0 Å². The highest BCUT2D eigenvalue weighted by atomic mass is 35.5. The summed E-state index contributed by atoms with van der Waals surface area (Å²) in [4.78, 5) is 23.7. The van der Waals surface area contributed by atoms with E-state index in [4.69, 9.17) is 25.5 Å². The Morgan fingerprint density at radius 3 is 2.69 bits per heavy atom. The number of rotatable bonds is 7. The molecule has 0 unspecified atom stereocenters. The van der Waals surface area contributed by atoms with Gasteiger partial charge in [0.1, 0.15) is 17.9 Å². The minimum atomic E-state index is -0.413. The molecule has 0 saturated heterocycles. The van der Waals surface area contributed by atoms with Crippen LogP contribution in [0.5, 0.6) is 5.75 Å². The van der Waals surface area contributed by atoms with E-state index in [1.54, 1.807) is 12.1 Å². The van der Waals surface area contributed by atoms with Crippen molar-refractivity contribution in [3.8, 4) is 5.75 Å². The monoisotopic (exact) mass is 414 g/mol. The number of ether oxygens (including phenoxy) is 2. The van der Waals surface area contributed by atoms with E-state index in [1.807, 2.05) is 45.0 Å². The van der Waals surface area contributed by atoms with Gasteiger partial charge in [0.2, 0.25) is 0 Å². The van der Waals surface area contributed by atoms with Crippen LogP contribution in [0.25, 0.3) is 11.0 Å². The fraction of sp³-hybridized carbons (Fsp3) is 0.304. The molecule has 0 bridgehead atoms. The molecule has 2 aromatic carbocycles. The second kappa shape index (κ2) is 9.14. The third-order valence-corrected chi connectivity index (χ3v) is 4.62. The lowest BCUT2D eigenvalue weighted by Gasteiger charge is -2.14. The number of benzene rings is 2. The number of aryl methyl sites for hydroxylation is 2. The zero-order valence-corrected chi connectivity index (χ0v) is 17.4. The number of hydrogen-bond donors (Lipinski definition) is 0. The molecule has 0 amide bonds. The van der Waals surface area contributed by atoms with Crippen LogP contribution in [0.4, 0.5) is 0 Å². The van der Waals surface area contributed by atoms with Crippen LogP contribution in [-0.4, -0.2) is 12.1 Å². The summed E-state index contributed by atoms with van der Waals surface area (Å²) in [6.45, 7) is 5.78. The van der Waals surface area contributed by atoms with Crippen molar-refractivity contribution >= 4 is 28.5 Å². The fourth-order valence-corrected chi connectivity index (χ4v) is 3.28. The van der Waals surface area contributed by atoms with E-state index in [-0.39, 0.29) is 18.5 Å². The first-order valence-corrected chi connectivity index (χ1v) is 9.83. The molecule has 5 nitrogen and oxygen atoms in total. The standard InChI is InChI=1S/C23H23ClO5/c1-14(2)28-22(25)8-7-17-11-19-15(3)9-23(26)29-21(19)12-20(17)27-13-16-5-4-6-18(24)10-16/h4-6,9-12,14H,7-8,13H2,1-3H3. The Kier molecular flexibility index (Phi) is 6.60. The molecule has 0 fully saturated rings. The maximum absolute atomic E-state index is 12.0. The largest absolute Gasteiger partial charge is 0.488 e. The highest BCUT2D eigenvalue weighted by Gasteiger charge is 2.14. The van der Waals surface area contributed by atoms with Crippen molar-refractivity contribution in [3.05, 3.63) is 74.6 Å². The van der Waals surface area contributed by atoms with E-state index in [1.165, 1.54) is 6.07 Å². The predicted octanol–water partition coefficient (Wildman–Crippen LogP) is 5.22. The number of esters is 1. The molecule has 0 spiro atoms. The van der Waals surface area contributed by atoms with Crippen LogP contribution in [0.2, 0.25) is 5.02 Å². The average Bonchev–Trinajstić information content (AvgIpc) is 2.64. The van der Waals surface area contributed by atoms with Gasteiger partial charge in [-0.2, -0.15) is 0 Å². The molecule has 1 aromatic heterocycles. The average molecular weight is 415 g/mol. The lowest BCUT2D eigenvalue weighted by Crippen LogP contribution is -2.12. The first-order chi connectivity index (χ1) is 13.8. The van der Waals surface area contributed by atoms with Crippen molar-refractivity contribution in [2.24, 2.45) is 0 Å². The summed E-state index contributed by atoms with van der Waals surface area (Å²) in [7, 11) is 0. The third kappa shape index (κ3) is 5.61. The Morgan fingerprint density at radius 1 is 1.17 bits per heavy atom. The number of fused-ring (bicyclic) bond motifs is 1. The second-order valence-electron chi connectivity index (χ2n) is 7.16. The number of halogens is 1. The summed E-state index contributed by atoms with van der Waals surface area (Å²) in [6, 6.07) is 12.5. The molecule has 0 atom stereocenters. The number of carbonyl (C=O) groups excluding carboxylic acids is 1. The van der Waals surface area contributed by atoms with Gasteiger partial charge < -0.3 is 13.9 Å². The summed E-state index contributed by atoms with van der Waals surface area (Å²) < 4.78 is 16.6.